The van der Waals surface area contributed by atoms with Crippen LogP contribution >= 0.6 is 0 Å². The zero-order chi connectivity index (χ0) is 17.3. The lowest BCUT2D eigenvalue weighted by Crippen LogP contribution is -2.24. The molecule has 6 nitrogen and oxygen atoms in total. The van der Waals surface area contributed by atoms with Crippen molar-refractivity contribution in [3.63, 3.8) is 0 Å². The SMILES string of the molecule is COc1cc(C)c(S(=O)(=O)NCc2ccc3nc[nH]c3c2)cc1C. The van der Waals surface area contributed by atoms with Gasteiger partial charge in [0.2, 0.25) is 10.0 Å². The minimum atomic E-state index is -3.61. The molecule has 0 saturated carbocycles. The summed E-state index contributed by atoms with van der Waals surface area (Å²) in [5.74, 6) is 0.677. The Balaban J connectivity index is 1.84. The smallest absolute Gasteiger partial charge is 0.241 e. The Hall–Kier alpha value is -2.38. The van der Waals surface area contributed by atoms with Gasteiger partial charge in [0.1, 0.15) is 5.75 Å². The van der Waals surface area contributed by atoms with Gasteiger partial charge in [0.15, 0.2) is 0 Å². The monoisotopic (exact) mass is 345 g/mol. The van der Waals surface area contributed by atoms with Gasteiger partial charge in [0.25, 0.3) is 0 Å². The summed E-state index contributed by atoms with van der Waals surface area (Å²) in [5, 5.41) is 0. The maximum absolute atomic E-state index is 12.6. The Kier molecular flexibility index (Phi) is 4.29. The van der Waals surface area contributed by atoms with E-state index >= 15 is 0 Å². The van der Waals surface area contributed by atoms with Crippen LogP contribution in [0.3, 0.4) is 0 Å². The molecule has 0 aliphatic rings. The van der Waals surface area contributed by atoms with E-state index in [0.717, 1.165) is 22.2 Å². The number of aryl methyl sites for hydroxylation is 2. The van der Waals surface area contributed by atoms with Gasteiger partial charge in [-0.3, -0.25) is 0 Å². The number of rotatable bonds is 5. The fourth-order valence-electron chi connectivity index (χ4n) is 2.62. The Morgan fingerprint density at radius 3 is 2.71 bits per heavy atom. The van der Waals surface area contributed by atoms with E-state index in [-0.39, 0.29) is 11.4 Å². The Morgan fingerprint density at radius 2 is 1.96 bits per heavy atom. The third-order valence-electron chi connectivity index (χ3n) is 3.93. The maximum Gasteiger partial charge on any atom is 0.241 e. The molecular weight excluding hydrogens is 326 g/mol. The molecule has 0 spiro atoms. The van der Waals surface area contributed by atoms with E-state index in [1.54, 1.807) is 32.5 Å². The standard InChI is InChI=1S/C17H19N3O3S/c1-11-7-17(12(2)6-16(11)23-3)24(21,22)20-9-13-4-5-14-15(8-13)19-10-18-14/h4-8,10,20H,9H2,1-3H3,(H,18,19). The largest absolute Gasteiger partial charge is 0.496 e. The van der Waals surface area contributed by atoms with Crippen LogP contribution in [0.2, 0.25) is 0 Å². The van der Waals surface area contributed by atoms with E-state index in [2.05, 4.69) is 14.7 Å². The van der Waals surface area contributed by atoms with Crippen molar-refractivity contribution in [2.75, 3.05) is 7.11 Å². The van der Waals surface area contributed by atoms with Crippen molar-refractivity contribution in [3.8, 4) is 5.75 Å². The van der Waals surface area contributed by atoms with Gasteiger partial charge < -0.3 is 9.72 Å². The van der Waals surface area contributed by atoms with Crippen LogP contribution in [0, 0.1) is 13.8 Å². The van der Waals surface area contributed by atoms with Crippen LogP contribution < -0.4 is 9.46 Å². The minimum absolute atomic E-state index is 0.210. The molecule has 0 aliphatic carbocycles. The topological polar surface area (TPSA) is 84.1 Å². The van der Waals surface area contributed by atoms with Crippen molar-refractivity contribution in [2.24, 2.45) is 0 Å². The molecule has 2 aromatic carbocycles. The highest BCUT2D eigenvalue weighted by atomic mass is 32.2. The molecule has 0 atom stereocenters. The normalized spacial score (nSPS) is 11.8. The maximum atomic E-state index is 12.6. The molecule has 0 bridgehead atoms. The molecule has 1 aromatic heterocycles. The molecule has 0 amide bonds. The molecule has 0 unspecified atom stereocenters. The fraction of sp³-hybridized carbons (Fsp3) is 0.235. The van der Waals surface area contributed by atoms with Gasteiger partial charge in [0.05, 0.1) is 29.4 Å². The summed E-state index contributed by atoms with van der Waals surface area (Å²) in [7, 11) is -2.04. The predicted octanol–water partition coefficient (Wildman–Crippen LogP) is 2.67. The second kappa shape index (κ2) is 6.26. The highest BCUT2D eigenvalue weighted by Gasteiger charge is 2.18. The summed E-state index contributed by atoms with van der Waals surface area (Å²) < 4.78 is 33.1. The van der Waals surface area contributed by atoms with Gasteiger partial charge in [-0.25, -0.2) is 18.1 Å². The number of hydrogen-bond acceptors (Lipinski definition) is 4. The molecule has 2 N–H and O–H groups in total. The van der Waals surface area contributed by atoms with Crippen LogP contribution in [0.1, 0.15) is 16.7 Å². The number of benzene rings is 2. The first kappa shape index (κ1) is 16.5. The summed E-state index contributed by atoms with van der Waals surface area (Å²) in [5.41, 5.74) is 4.01. The predicted molar refractivity (Wildman–Crippen MR) is 92.6 cm³/mol. The van der Waals surface area contributed by atoms with Crippen molar-refractivity contribution in [1.82, 2.24) is 14.7 Å². The fourth-order valence-corrected chi connectivity index (χ4v) is 3.95. The molecule has 3 rings (SSSR count). The molecular formula is C17H19N3O3S. The second-order valence-electron chi connectivity index (χ2n) is 5.67. The number of hydrogen-bond donors (Lipinski definition) is 2. The average Bonchev–Trinajstić information content (AvgIpc) is 3.02. The highest BCUT2D eigenvalue weighted by Crippen LogP contribution is 2.25. The summed E-state index contributed by atoms with van der Waals surface area (Å²) in [6.45, 7) is 3.79. The summed E-state index contributed by atoms with van der Waals surface area (Å²) in [4.78, 5) is 7.43. The van der Waals surface area contributed by atoms with Crippen molar-refractivity contribution < 1.29 is 13.2 Å². The number of methoxy groups -OCH3 is 1. The first-order valence-electron chi connectivity index (χ1n) is 7.47. The van der Waals surface area contributed by atoms with Gasteiger partial charge in [0, 0.05) is 6.54 Å². The lowest BCUT2D eigenvalue weighted by Gasteiger charge is -2.13. The second-order valence-corrected chi connectivity index (χ2v) is 7.40. The van der Waals surface area contributed by atoms with Crippen molar-refractivity contribution in [2.45, 2.75) is 25.3 Å². The van der Waals surface area contributed by atoms with E-state index in [1.165, 1.54) is 0 Å². The summed E-state index contributed by atoms with van der Waals surface area (Å²) in [6, 6.07) is 8.97. The van der Waals surface area contributed by atoms with Crippen molar-refractivity contribution in [3.05, 3.63) is 53.3 Å². The lowest BCUT2D eigenvalue weighted by molar-refractivity contribution is 0.411. The van der Waals surface area contributed by atoms with Crippen molar-refractivity contribution >= 4 is 21.1 Å². The third-order valence-corrected chi connectivity index (χ3v) is 5.48. The molecule has 0 fully saturated rings. The van der Waals surface area contributed by atoms with Gasteiger partial charge >= 0.3 is 0 Å². The number of aromatic nitrogens is 2. The Labute approximate surface area is 140 Å². The van der Waals surface area contributed by atoms with Gasteiger partial charge in [-0.2, -0.15) is 0 Å². The minimum Gasteiger partial charge on any atom is -0.496 e. The Bertz CT molecular complexity index is 993. The number of fused-ring (bicyclic) bond motifs is 1. The van der Waals surface area contributed by atoms with Crippen LogP contribution in [0.25, 0.3) is 11.0 Å². The number of imidazole rings is 1. The van der Waals surface area contributed by atoms with E-state index in [4.69, 9.17) is 4.74 Å². The number of nitrogens with one attached hydrogen (secondary N) is 2. The first-order valence-corrected chi connectivity index (χ1v) is 8.96. The average molecular weight is 345 g/mol. The van der Waals surface area contributed by atoms with Gasteiger partial charge in [-0.15, -0.1) is 0 Å². The van der Waals surface area contributed by atoms with Crippen LogP contribution in [0.4, 0.5) is 0 Å². The molecule has 0 radical (unpaired) electrons. The highest BCUT2D eigenvalue weighted by molar-refractivity contribution is 7.89. The van der Waals surface area contributed by atoms with E-state index < -0.39 is 10.0 Å². The van der Waals surface area contributed by atoms with E-state index in [9.17, 15) is 8.42 Å². The number of nitrogens with zero attached hydrogens (tertiary/aromatic N) is 1. The molecule has 0 saturated heterocycles. The molecule has 24 heavy (non-hydrogen) atoms. The van der Waals surface area contributed by atoms with E-state index in [0.29, 0.717) is 11.3 Å². The first-order chi connectivity index (χ1) is 11.4. The molecule has 3 aromatic rings. The van der Waals surface area contributed by atoms with Crippen molar-refractivity contribution in [1.29, 1.82) is 0 Å². The number of sulfonamides is 1. The Morgan fingerprint density at radius 1 is 1.17 bits per heavy atom. The van der Waals surface area contributed by atoms with Crippen LogP contribution in [-0.2, 0) is 16.6 Å². The molecule has 1 heterocycles. The number of H-pyrrole nitrogens is 1. The quantitative estimate of drug-likeness (QED) is 0.744. The number of aromatic amines is 1. The van der Waals surface area contributed by atoms with Crippen LogP contribution in [0.5, 0.6) is 5.75 Å². The summed E-state index contributed by atoms with van der Waals surface area (Å²) >= 11 is 0. The molecule has 126 valence electrons. The number of ether oxygens (including phenoxy) is 1. The van der Waals surface area contributed by atoms with Gasteiger partial charge in [-0.1, -0.05) is 6.07 Å². The molecule has 0 aliphatic heterocycles. The van der Waals surface area contributed by atoms with E-state index in [1.807, 2.05) is 25.1 Å². The third kappa shape index (κ3) is 3.13. The zero-order valence-electron chi connectivity index (χ0n) is 13.8. The van der Waals surface area contributed by atoms with Crippen LogP contribution in [-0.4, -0.2) is 25.5 Å². The lowest BCUT2D eigenvalue weighted by atomic mass is 10.1. The summed E-state index contributed by atoms with van der Waals surface area (Å²) in [6.07, 6.45) is 1.61. The van der Waals surface area contributed by atoms with Crippen LogP contribution in [0.15, 0.2) is 41.6 Å². The van der Waals surface area contributed by atoms with Gasteiger partial charge in [-0.05, 0) is 54.8 Å². The zero-order valence-corrected chi connectivity index (χ0v) is 14.6. The molecule has 7 heteroatoms.